The van der Waals surface area contributed by atoms with E-state index in [1.807, 2.05) is 36.5 Å². The molecular formula is C27H29N3OS. The van der Waals surface area contributed by atoms with Crippen LogP contribution in [0, 0.1) is 0 Å². The van der Waals surface area contributed by atoms with E-state index in [4.69, 9.17) is 4.99 Å². The molecule has 1 amide bonds. The summed E-state index contributed by atoms with van der Waals surface area (Å²) in [6.45, 7) is 2.29. The van der Waals surface area contributed by atoms with Gasteiger partial charge in [0, 0.05) is 35.6 Å². The van der Waals surface area contributed by atoms with Crippen molar-refractivity contribution in [2.45, 2.75) is 44.9 Å². The standard InChI is InChI=1S/C27H29N3OS/c31-26(29-21-9-3-1-4-10-21)25-23-11-5-6-12-24(23)32-27(25)28-19-20-13-15-22(16-14-20)30-17-7-2-8-18-30/h1,3-4,9-10,13-16,19H,2,5-8,11-12,17-18H2,(H,29,31). The summed E-state index contributed by atoms with van der Waals surface area (Å²) in [4.78, 5) is 21.8. The second-order valence-electron chi connectivity index (χ2n) is 8.61. The summed E-state index contributed by atoms with van der Waals surface area (Å²) in [5.74, 6) is -0.0526. The van der Waals surface area contributed by atoms with Gasteiger partial charge in [0.15, 0.2) is 0 Å². The minimum Gasteiger partial charge on any atom is -0.372 e. The number of carbonyl (C=O) groups excluding carboxylic acids is 1. The molecule has 3 aromatic rings. The van der Waals surface area contributed by atoms with Crippen LogP contribution >= 0.6 is 11.3 Å². The fraction of sp³-hybridized carbons (Fsp3) is 0.333. The number of thiophene rings is 1. The fourth-order valence-electron chi connectivity index (χ4n) is 4.65. The first-order valence-corrected chi connectivity index (χ1v) is 12.5. The van der Waals surface area contributed by atoms with E-state index in [1.54, 1.807) is 11.3 Å². The number of anilines is 2. The largest absolute Gasteiger partial charge is 0.372 e. The number of aryl methyl sites for hydroxylation is 1. The van der Waals surface area contributed by atoms with Crippen molar-refractivity contribution in [3.05, 3.63) is 76.2 Å². The van der Waals surface area contributed by atoms with Gasteiger partial charge in [-0.3, -0.25) is 4.79 Å². The Morgan fingerprint density at radius 2 is 1.66 bits per heavy atom. The molecule has 32 heavy (non-hydrogen) atoms. The maximum absolute atomic E-state index is 13.2. The average Bonchev–Trinajstić information content (AvgIpc) is 3.23. The van der Waals surface area contributed by atoms with Gasteiger partial charge in [-0.2, -0.15) is 0 Å². The summed E-state index contributed by atoms with van der Waals surface area (Å²) < 4.78 is 0. The number of hydrogen-bond donors (Lipinski definition) is 1. The molecule has 1 aliphatic carbocycles. The van der Waals surface area contributed by atoms with Crippen molar-refractivity contribution in [1.29, 1.82) is 0 Å². The number of rotatable bonds is 5. The van der Waals surface area contributed by atoms with Gasteiger partial charge in [-0.05, 0) is 80.3 Å². The number of hydrogen-bond acceptors (Lipinski definition) is 4. The van der Waals surface area contributed by atoms with Crippen molar-refractivity contribution in [3.63, 3.8) is 0 Å². The van der Waals surface area contributed by atoms with Crippen LogP contribution < -0.4 is 10.2 Å². The molecule has 1 fully saturated rings. The van der Waals surface area contributed by atoms with Gasteiger partial charge in [0.2, 0.25) is 0 Å². The SMILES string of the molecule is O=C(Nc1ccccc1)c1c(N=Cc2ccc(N3CCCCC3)cc2)sc2c1CCCC2. The highest BCUT2D eigenvalue weighted by atomic mass is 32.1. The van der Waals surface area contributed by atoms with Crippen LogP contribution in [0.3, 0.4) is 0 Å². The number of nitrogens with one attached hydrogen (secondary N) is 1. The number of amides is 1. The zero-order chi connectivity index (χ0) is 21.8. The smallest absolute Gasteiger partial charge is 0.259 e. The lowest BCUT2D eigenvalue weighted by molar-refractivity contribution is 0.102. The van der Waals surface area contributed by atoms with Crippen LogP contribution in [0.1, 0.15) is 58.5 Å². The fourth-order valence-corrected chi connectivity index (χ4v) is 5.88. The van der Waals surface area contributed by atoms with E-state index in [-0.39, 0.29) is 5.91 Å². The molecule has 5 heteroatoms. The molecule has 0 bridgehead atoms. The third kappa shape index (κ3) is 4.63. The normalized spacial score (nSPS) is 16.2. The molecule has 1 aromatic heterocycles. The molecule has 1 aliphatic heterocycles. The summed E-state index contributed by atoms with van der Waals surface area (Å²) in [5, 5.41) is 3.89. The van der Waals surface area contributed by atoms with Gasteiger partial charge in [-0.15, -0.1) is 11.3 Å². The molecule has 5 rings (SSSR count). The van der Waals surface area contributed by atoms with Gasteiger partial charge in [-0.1, -0.05) is 30.3 Å². The van der Waals surface area contributed by atoms with Crippen LogP contribution in [0.15, 0.2) is 59.6 Å². The van der Waals surface area contributed by atoms with Gasteiger partial charge >= 0.3 is 0 Å². The first-order valence-electron chi connectivity index (χ1n) is 11.7. The van der Waals surface area contributed by atoms with Gasteiger partial charge in [0.05, 0.1) is 5.56 Å². The zero-order valence-electron chi connectivity index (χ0n) is 18.3. The molecule has 4 nitrogen and oxygen atoms in total. The Kier molecular flexibility index (Phi) is 6.35. The van der Waals surface area contributed by atoms with Crippen LogP contribution in [-0.2, 0) is 12.8 Å². The minimum atomic E-state index is -0.0526. The van der Waals surface area contributed by atoms with Crippen LogP contribution in [0.2, 0.25) is 0 Å². The van der Waals surface area contributed by atoms with E-state index >= 15 is 0 Å². The first-order chi connectivity index (χ1) is 15.8. The average molecular weight is 444 g/mol. The van der Waals surface area contributed by atoms with Crippen molar-refractivity contribution in [2.75, 3.05) is 23.3 Å². The van der Waals surface area contributed by atoms with Crippen molar-refractivity contribution in [2.24, 2.45) is 4.99 Å². The second kappa shape index (κ2) is 9.70. The molecule has 0 unspecified atom stereocenters. The predicted molar refractivity (Wildman–Crippen MR) is 135 cm³/mol. The number of fused-ring (bicyclic) bond motifs is 1. The molecule has 0 spiro atoms. The van der Waals surface area contributed by atoms with Gasteiger partial charge in [0.25, 0.3) is 5.91 Å². The van der Waals surface area contributed by atoms with Crippen LogP contribution in [0.5, 0.6) is 0 Å². The quantitative estimate of drug-likeness (QED) is 0.450. The van der Waals surface area contributed by atoms with Gasteiger partial charge in [0.1, 0.15) is 5.00 Å². The Morgan fingerprint density at radius 1 is 0.906 bits per heavy atom. The molecule has 1 saturated heterocycles. The van der Waals surface area contributed by atoms with Crippen LogP contribution in [-0.4, -0.2) is 25.2 Å². The predicted octanol–water partition coefficient (Wildman–Crippen LogP) is 6.62. The summed E-state index contributed by atoms with van der Waals surface area (Å²) in [7, 11) is 0. The van der Waals surface area contributed by atoms with Crippen LogP contribution in [0.4, 0.5) is 16.4 Å². The van der Waals surface area contributed by atoms with Gasteiger partial charge < -0.3 is 10.2 Å². The number of aliphatic imine (C=N–C) groups is 1. The zero-order valence-corrected chi connectivity index (χ0v) is 19.2. The second-order valence-corrected chi connectivity index (χ2v) is 9.69. The highest BCUT2D eigenvalue weighted by Gasteiger charge is 2.25. The summed E-state index contributed by atoms with van der Waals surface area (Å²) in [5.41, 5.74) is 5.12. The Bertz CT molecular complexity index is 1100. The molecule has 0 radical (unpaired) electrons. The lowest BCUT2D eigenvalue weighted by atomic mass is 9.95. The Hall–Kier alpha value is -2.92. The number of benzene rings is 2. The molecule has 1 N–H and O–H groups in total. The molecule has 164 valence electrons. The van der Waals surface area contributed by atoms with E-state index in [2.05, 4.69) is 34.5 Å². The summed E-state index contributed by atoms with van der Waals surface area (Å²) >= 11 is 1.68. The molecule has 0 saturated carbocycles. The molecule has 0 atom stereocenters. The van der Waals surface area contributed by atoms with Crippen LogP contribution in [0.25, 0.3) is 0 Å². The Morgan fingerprint density at radius 3 is 2.44 bits per heavy atom. The van der Waals surface area contributed by atoms with E-state index in [1.165, 1.54) is 41.8 Å². The lowest BCUT2D eigenvalue weighted by Crippen LogP contribution is -2.29. The maximum atomic E-state index is 13.2. The maximum Gasteiger partial charge on any atom is 0.259 e. The number of carbonyl (C=O) groups is 1. The highest BCUT2D eigenvalue weighted by molar-refractivity contribution is 7.16. The molecular weight excluding hydrogens is 414 g/mol. The van der Waals surface area contributed by atoms with E-state index in [0.29, 0.717) is 0 Å². The van der Waals surface area contributed by atoms with Crippen molar-refractivity contribution < 1.29 is 4.79 Å². The van der Waals surface area contributed by atoms with Crippen molar-refractivity contribution in [3.8, 4) is 0 Å². The highest BCUT2D eigenvalue weighted by Crippen LogP contribution is 2.40. The van der Waals surface area contributed by atoms with Gasteiger partial charge in [-0.25, -0.2) is 4.99 Å². The molecule has 2 heterocycles. The Labute approximate surface area is 194 Å². The monoisotopic (exact) mass is 443 g/mol. The molecule has 2 aliphatic rings. The molecule has 2 aromatic carbocycles. The van der Waals surface area contributed by atoms with E-state index in [9.17, 15) is 4.79 Å². The summed E-state index contributed by atoms with van der Waals surface area (Å²) in [6.07, 6.45) is 10.1. The van der Waals surface area contributed by atoms with Crippen molar-refractivity contribution in [1.82, 2.24) is 0 Å². The topological polar surface area (TPSA) is 44.7 Å². The number of nitrogens with zero attached hydrogens (tertiary/aromatic N) is 2. The minimum absolute atomic E-state index is 0.0526. The van der Waals surface area contributed by atoms with Crippen molar-refractivity contribution >= 4 is 39.8 Å². The van der Waals surface area contributed by atoms with E-state index < -0.39 is 0 Å². The third-order valence-corrected chi connectivity index (χ3v) is 7.56. The third-order valence-electron chi connectivity index (χ3n) is 6.36. The first kappa shape index (κ1) is 21.0. The number of para-hydroxylation sites is 1. The van der Waals surface area contributed by atoms with E-state index in [0.717, 1.165) is 54.2 Å². The summed E-state index contributed by atoms with van der Waals surface area (Å²) in [6, 6.07) is 18.3. The number of piperidine rings is 1. The Balaban J connectivity index is 1.38. The lowest BCUT2D eigenvalue weighted by Gasteiger charge is -2.28.